The Hall–Kier alpha value is -0.820. The normalized spacial score (nSPS) is 16.9. The lowest BCUT2D eigenvalue weighted by atomic mass is 9.96. The van der Waals surface area contributed by atoms with Crippen LogP contribution in [-0.2, 0) is 4.79 Å². The zero-order valence-electron chi connectivity index (χ0n) is 13.3. The highest BCUT2D eigenvalue weighted by atomic mass is 19.4. The van der Waals surface area contributed by atoms with Crippen molar-refractivity contribution in [3.05, 3.63) is 0 Å². The lowest BCUT2D eigenvalue weighted by Crippen LogP contribution is -2.55. The van der Waals surface area contributed by atoms with Crippen molar-refractivity contribution in [1.29, 1.82) is 0 Å². The van der Waals surface area contributed by atoms with Crippen molar-refractivity contribution in [2.75, 3.05) is 6.54 Å². The smallest absolute Gasteiger partial charge is 0.391 e. The molecule has 2 unspecified atom stereocenters. The Kier molecular flexibility index (Phi) is 8.25. The Bertz CT molecular complexity index is 320. The molecule has 0 saturated heterocycles. The van der Waals surface area contributed by atoms with Gasteiger partial charge in [-0.25, -0.2) is 0 Å². The minimum absolute atomic E-state index is 0.0455. The molecule has 1 amide bonds. The fourth-order valence-electron chi connectivity index (χ4n) is 2.02. The minimum atomic E-state index is -4.37. The molecule has 3 atom stereocenters. The topological polar surface area (TPSA) is 61.4 Å². The van der Waals surface area contributed by atoms with E-state index in [-0.39, 0.29) is 11.8 Å². The summed E-state index contributed by atoms with van der Waals surface area (Å²) >= 11 is 0. The van der Waals surface area contributed by atoms with Crippen LogP contribution < -0.4 is 10.6 Å². The number of alkyl halides is 3. The Morgan fingerprint density at radius 1 is 1.14 bits per heavy atom. The second-order valence-electron chi connectivity index (χ2n) is 5.98. The monoisotopic (exact) mass is 312 g/mol. The van der Waals surface area contributed by atoms with Gasteiger partial charge < -0.3 is 10.4 Å². The number of rotatable bonds is 8. The summed E-state index contributed by atoms with van der Waals surface area (Å²) in [6.07, 6.45) is -4.58. The highest BCUT2D eigenvalue weighted by Crippen LogP contribution is 2.15. The zero-order chi connectivity index (χ0) is 16.8. The van der Waals surface area contributed by atoms with Crippen molar-refractivity contribution in [3.8, 4) is 0 Å². The minimum Gasteiger partial charge on any atom is -0.391 e. The molecule has 21 heavy (non-hydrogen) atoms. The molecule has 0 rings (SSSR count). The van der Waals surface area contributed by atoms with Crippen LogP contribution in [0.15, 0.2) is 0 Å². The Labute approximate surface area is 124 Å². The number of aliphatic hydroxyl groups is 1. The summed E-state index contributed by atoms with van der Waals surface area (Å²) in [6.45, 7) is 7.58. The van der Waals surface area contributed by atoms with Gasteiger partial charge >= 0.3 is 6.18 Å². The molecule has 0 spiro atoms. The molecule has 0 radical (unpaired) electrons. The maximum absolute atomic E-state index is 12.3. The van der Waals surface area contributed by atoms with Gasteiger partial charge in [0.05, 0.1) is 24.7 Å². The van der Waals surface area contributed by atoms with E-state index in [4.69, 9.17) is 0 Å². The average Bonchev–Trinajstić information content (AvgIpc) is 2.33. The molecule has 0 aromatic rings. The van der Waals surface area contributed by atoms with Crippen LogP contribution in [0.4, 0.5) is 13.2 Å². The van der Waals surface area contributed by atoms with Crippen molar-refractivity contribution in [2.24, 2.45) is 11.8 Å². The van der Waals surface area contributed by atoms with Crippen LogP contribution in [0.3, 0.4) is 0 Å². The standard InChI is InChI=1S/C14H27F3N2O2/c1-6-10(12(20)9(4)5)19-13(21)11(8(2)3)18-7-14(15,16)17/h8-12,18,20H,6-7H2,1-5H3,(H,19,21)/t10?,11-,12?/m0/s1. The molecule has 0 bridgehead atoms. The molecule has 0 aliphatic heterocycles. The molecule has 4 nitrogen and oxygen atoms in total. The first-order valence-corrected chi connectivity index (χ1v) is 7.28. The van der Waals surface area contributed by atoms with E-state index < -0.39 is 36.8 Å². The predicted molar refractivity (Wildman–Crippen MR) is 75.8 cm³/mol. The highest BCUT2D eigenvalue weighted by Gasteiger charge is 2.32. The summed E-state index contributed by atoms with van der Waals surface area (Å²) in [4.78, 5) is 12.1. The Balaban J connectivity index is 4.74. The Morgan fingerprint density at radius 2 is 1.67 bits per heavy atom. The molecule has 0 aromatic heterocycles. The number of hydrogen-bond donors (Lipinski definition) is 3. The summed E-state index contributed by atoms with van der Waals surface area (Å²) in [6, 6.07) is -1.41. The molecular formula is C14H27F3N2O2. The summed E-state index contributed by atoms with van der Waals surface area (Å²) < 4.78 is 36.8. The second kappa shape index (κ2) is 8.58. The number of aliphatic hydroxyl groups excluding tert-OH is 1. The third-order valence-electron chi connectivity index (χ3n) is 3.33. The molecule has 7 heteroatoms. The van der Waals surface area contributed by atoms with Gasteiger partial charge in [-0.1, -0.05) is 34.6 Å². The summed E-state index contributed by atoms with van der Waals surface area (Å²) in [5.41, 5.74) is 0. The van der Waals surface area contributed by atoms with Gasteiger partial charge in [0.1, 0.15) is 0 Å². The molecule has 0 heterocycles. The van der Waals surface area contributed by atoms with Gasteiger partial charge in [0.2, 0.25) is 5.91 Å². The van der Waals surface area contributed by atoms with Gasteiger partial charge in [-0.3, -0.25) is 10.1 Å². The molecule has 3 N–H and O–H groups in total. The average molecular weight is 312 g/mol. The molecule has 0 fully saturated rings. The molecule has 0 aliphatic rings. The second-order valence-corrected chi connectivity index (χ2v) is 5.98. The van der Waals surface area contributed by atoms with Crippen molar-refractivity contribution in [3.63, 3.8) is 0 Å². The van der Waals surface area contributed by atoms with E-state index in [1.54, 1.807) is 13.8 Å². The fourth-order valence-corrected chi connectivity index (χ4v) is 2.02. The first-order chi connectivity index (χ1) is 9.49. The van der Waals surface area contributed by atoms with Gasteiger partial charge in [-0.2, -0.15) is 13.2 Å². The molecule has 0 aromatic carbocycles. The van der Waals surface area contributed by atoms with E-state index in [0.717, 1.165) is 0 Å². The quantitative estimate of drug-likeness (QED) is 0.643. The number of halogens is 3. The van der Waals surface area contributed by atoms with E-state index >= 15 is 0 Å². The van der Waals surface area contributed by atoms with E-state index in [1.165, 1.54) is 0 Å². The lowest BCUT2D eigenvalue weighted by Gasteiger charge is -2.29. The maximum atomic E-state index is 12.3. The molecule has 0 aliphatic carbocycles. The third kappa shape index (κ3) is 7.66. The summed E-state index contributed by atoms with van der Waals surface area (Å²) in [5, 5.41) is 14.9. The van der Waals surface area contributed by atoms with Crippen molar-refractivity contribution >= 4 is 5.91 Å². The van der Waals surface area contributed by atoms with Crippen LogP contribution >= 0.6 is 0 Å². The first kappa shape index (κ1) is 20.2. The van der Waals surface area contributed by atoms with E-state index in [1.807, 2.05) is 20.8 Å². The van der Waals surface area contributed by atoms with Crippen molar-refractivity contribution in [1.82, 2.24) is 10.6 Å². The largest absolute Gasteiger partial charge is 0.401 e. The van der Waals surface area contributed by atoms with Gasteiger partial charge in [0.25, 0.3) is 0 Å². The molecular weight excluding hydrogens is 285 g/mol. The number of carbonyl (C=O) groups is 1. The number of nitrogens with one attached hydrogen (secondary N) is 2. The van der Waals surface area contributed by atoms with Gasteiger partial charge in [0.15, 0.2) is 0 Å². The van der Waals surface area contributed by atoms with Crippen LogP contribution in [-0.4, -0.2) is 41.9 Å². The number of carbonyl (C=O) groups excluding carboxylic acids is 1. The lowest BCUT2D eigenvalue weighted by molar-refractivity contribution is -0.134. The van der Waals surface area contributed by atoms with Crippen LogP contribution in [0.2, 0.25) is 0 Å². The third-order valence-corrected chi connectivity index (χ3v) is 3.33. The van der Waals surface area contributed by atoms with Crippen molar-refractivity contribution < 1.29 is 23.1 Å². The molecule has 0 saturated carbocycles. The zero-order valence-corrected chi connectivity index (χ0v) is 13.3. The van der Waals surface area contributed by atoms with E-state index in [0.29, 0.717) is 6.42 Å². The molecule has 126 valence electrons. The van der Waals surface area contributed by atoms with Gasteiger partial charge in [0, 0.05) is 0 Å². The predicted octanol–water partition coefficient (Wildman–Crippen LogP) is 2.07. The first-order valence-electron chi connectivity index (χ1n) is 7.28. The van der Waals surface area contributed by atoms with Crippen LogP contribution in [0.1, 0.15) is 41.0 Å². The highest BCUT2D eigenvalue weighted by molar-refractivity contribution is 5.82. The van der Waals surface area contributed by atoms with Crippen LogP contribution in [0.25, 0.3) is 0 Å². The fraction of sp³-hybridized carbons (Fsp3) is 0.929. The maximum Gasteiger partial charge on any atom is 0.401 e. The summed E-state index contributed by atoms with van der Waals surface area (Å²) in [5.74, 6) is -0.849. The summed E-state index contributed by atoms with van der Waals surface area (Å²) in [7, 11) is 0. The van der Waals surface area contributed by atoms with Gasteiger partial charge in [-0.05, 0) is 18.3 Å². The number of hydrogen-bond acceptors (Lipinski definition) is 3. The van der Waals surface area contributed by atoms with Gasteiger partial charge in [-0.15, -0.1) is 0 Å². The SMILES string of the molecule is CCC(NC(=O)[C@@H](NCC(F)(F)F)C(C)C)C(O)C(C)C. The van der Waals surface area contributed by atoms with Crippen LogP contribution in [0, 0.1) is 11.8 Å². The van der Waals surface area contributed by atoms with E-state index in [2.05, 4.69) is 10.6 Å². The van der Waals surface area contributed by atoms with Crippen LogP contribution in [0.5, 0.6) is 0 Å². The Morgan fingerprint density at radius 3 is 2.00 bits per heavy atom. The number of amides is 1. The van der Waals surface area contributed by atoms with E-state index in [9.17, 15) is 23.1 Å². The van der Waals surface area contributed by atoms with Crippen molar-refractivity contribution in [2.45, 2.75) is 65.4 Å².